The van der Waals surface area contributed by atoms with Gasteiger partial charge in [-0.3, -0.25) is 0 Å². The molecule has 0 spiro atoms. The van der Waals surface area contributed by atoms with Gasteiger partial charge in [-0.15, -0.1) is 0 Å². The Morgan fingerprint density at radius 1 is 1.07 bits per heavy atom. The quantitative estimate of drug-likeness (QED) is 0.665. The lowest BCUT2D eigenvalue weighted by molar-refractivity contribution is -0.246. The van der Waals surface area contributed by atoms with Crippen LogP contribution in [0, 0.1) is 35.5 Å². The molecule has 3 aliphatic rings. The SMILES string of the molecule is CC1C(CCN(C)C)C2C3CCC3C12. The third-order valence-electron chi connectivity index (χ3n) is 5.50. The van der Waals surface area contributed by atoms with Crippen molar-refractivity contribution >= 4 is 0 Å². The van der Waals surface area contributed by atoms with Crippen LogP contribution in [0.3, 0.4) is 0 Å². The summed E-state index contributed by atoms with van der Waals surface area (Å²) in [6.45, 7) is 3.81. The van der Waals surface area contributed by atoms with Crippen molar-refractivity contribution in [2.24, 2.45) is 35.5 Å². The molecule has 0 aromatic rings. The smallest absolute Gasteiger partial charge is 0.00220 e. The Bertz CT molecular complexity index is 235. The fourth-order valence-corrected chi connectivity index (χ4v) is 4.63. The highest BCUT2D eigenvalue weighted by Gasteiger charge is 2.66. The van der Waals surface area contributed by atoms with E-state index in [1.165, 1.54) is 36.6 Å². The summed E-state index contributed by atoms with van der Waals surface area (Å²) in [5.41, 5.74) is 0. The Morgan fingerprint density at radius 2 is 1.71 bits per heavy atom. The van der Waals surface area contributed by atoms with Crippen LogP contribution in [0.2, 0.25) is 0 Å². The summed E-state index contributed by atoms with van der Waals surface area (Å²) in [6.07, 6.45) is 4.59. The van der Waals surface area contributed by atoms with Crippen LogP contribution < -0.4 is 0 Å². The third-order valence-corrected chi connectivity index (χ3v) is 5.50. The average molecular weight is 193 g/mol. The molecule has 0 amide bonds. The lowest BCUT2D eigenvalue weighted by Crippen LogP contribution is -2.67. The summed E-state index contributed by atoms with van der Waals surface area (Å²) in [7, 11) is 4.40. The molecule has 6 unspecified atom stereocenters. The predicted molar refractivity (Wildman–Crippen MR) is 59.0 cm³/mol. The molecule has 1 nitrogen and oxygen atoms in total. The second-order valence-corrected chi connectivity index (χ2v) is 6.17. The van der Waals surface area contributed by atoms with Crippen LogP contribution in [0.1, 0.15) is 26.2 Å². The second-order valence-electron chi connectivity index (χ2n) is 6.17. The summed E-state index contributed by atoms with van der Waals surface area (Å²) < 4.78 is 0. The molecule has 0 N–H and O–H groups in total. The molecule has 3 saturated carbocycles. The molecule has 0 bridgehead atoms. The molecule has 6 atom stereocenters. The van der Waals surface area contributed by atoms with E-state index < -0.39 is 0 Å². The third kappa shape index (κ3) is 0.997. The topological polar surface area (TPSA) is 3.24 Å². The van der Waals surface area contributed by atoms with Crippen molar-refractivity contribution in [2.75, 3.05) is 20.6 Å². The van der Waals surface area contributed by atoms with Gasteiger partial charge >= 0.3 is 0 Å². The molecule has 3 rings (SSSR count). The van der Waals surface area contributed by atoms with Crippen LogP contribution >= 0.6 is 0 Å². The maximum atomic E-state index is 2.51. The Balaban J connectivity index is 1.56. The van der Waals surface area contributed by atoms with Crippen molar-refractivity contribution in [1.82, 2.24) is 4.90 Å². The normalized spacial score (nSPS) is 54.0. The number of hydrogen-bond acceptors (Lipinski definition) is 1. The molecule has 14 heavy (non-hydrogen) atoms. The van der Waals surface area contributed by atoms with Gasteiger partial charge in [0.05, 0.1) is 0 Å². The largest absolute Gasteiger partial charge is 0.309 e. The van der Waals surface area contributed by atoms with Crippen molar-refractivity contribution in [2.45, 2.75) is 26.2 Å². The van der Waals surface area contributed by atoms with Gasteiger partial charge in [-0.1, -0.05) is 6.92 Å². The zero-order valence-electron chi connectivity index (χ0n) is 9.74. The van der Waals surface area contributed by atoms with E-state index >= 15 is 0 Å². The van der Waals surface area contributed by atoms with E-state index in [0.29, 0.717) is 0 Å². The molecule has 0 saturated heterocycles. The molecule has 3 fully saturated rings. The zero-order chi connectivity index (χ0) is 9.87. The van der Waals surface area contributed by atoms with Crippen molar-refractivity contribution in [1.29, 1.82) is 0 Å². The highest BCUT2D eigenvalue weighted by molar-refractivity contribution is 5.14. The second kappa shape index (κ2) is 2.98. The molecule has 0 aliphatic heterocycles. The first-order valence-electron chi connectivity index (χ1n) is 6.35. The van der Waals surface area contributed by atoms with Crippen molar-refractivity contribution < 1.29 is 0 Å². The molecular weight excluding hydrogens is 170 g/mol. The number of rotatable bonds is 3. The molecule has 0 heterocycles. The molecule has 1 heteroatoms. The summed E-state index contributed by atoms with van der Waals surface area (Å²) in [5.74, 6) is 6.85. The van der Waals surface area contributed by atoms with Crippen LogP contribution in [-0.2, 0) is 0 Å². The van der Waals surface area contributed by atoms with E-state index in [2.05, 4.69) is 25.9 Å². The van der Waals surface area contributed by atoms with Crippen LogP contribution in [0.15, 0.2) is 0 Å². The minimum absolute atomic E-state index is 1.06. The summed E-state index contributed by atoms with van der Waals surface area (Å²) in [5, 5.41) is 0. The summed E-state index contributed by atoms with van der Waals surface area (Å²) >= 11 is 0. The lowest BCUT2D eigenvalue weighted by Gasteiger charge is -2.73. The van der Waals surface area contributed by atoms with Crippen LogP contribution in [0.4, 0.5) is 0 Å². The van der Waals surface area contributed by atoms with Crippen molar-refractivity contribution in [3.8, 4) is 0 Å². The van der Waals surface area contributed by atoms with E-state index in [9.17, 15) is 0 Å². The molecule has 80 valence electrons. The van der Waals surface area contributed by atoms with Gasteiger partial charge in [0.25, 0.3) is 0 Å². The van der Waals surface area contributed by atoms with Crippen LogP contribution in [-0.4, -0.2) is 25.5 Å². The van der Waals surface area contributed by atoms with Gasteiger partial charge < -0.3 is 4.90 Å². The minimum atomic E-state index is 1.06. The van der Waals surface area contributed by atoms with Crippen molar-refractivity contribution in [3.05, 3.63) is 0 Å². The minimum Gasteiger partial charge on any atom is -0.309 e. The van der Waals surface area contributed by atoms with E-state index in [1.807, 2.05) is 0 Å². The van der Waals surface area contributed by atoms with Gasteiger partial charge in [0.15, 0.2) is 0 Å². The zero-order valence-corrected chi connectivity index (χ0v) is 9.74. The maximum absolute atomic E-state index is 2.51. The van der Waals surface area contributed by atoms with E-state index in [4.69, 9.17) is 0 Å². The monoisotopic (exact) mass is 193 g/mol. The fraction of sp³-hybridized carbons (Fsp3) is 1.00. The van der Waals surface area contributed by atoms with Gasteiger partial charge in [-0.2, -0.15) is 0 Å². The molecule has 0 aromatic carbocycles. The standard InChI is InChI=1S/C13H23N/c1-8-9(6-7-14(2)3)13-11-5-4-10(11)12(8)13/h8-13H,4-7H2,1-3H3. The van der Waals surface area contributed by atoms with Gasteiger partial charge in [-0.05, 0) is 75.4 Å². The number of nitrogens with zero attached hydrogens (tertiary/aromatic N) is 1. The molecule has 3 aliphatic carbocycles. The predicted octanol–water partition coefficient (Wildman–Crippen LogP) is 2.48. The molecular formula is C13H23N. The van der Waals surface area contributed by atoms with E-state index in [0.717, 1.165) is 11.8 Å². The van der Waals surface area contributed by atoms with Gasteiger partial charge in [0.1, 0.15) is 0 Å². The Morgan fingerprint density at radius 3 is 2.29 bits per heavy atom. The Hall–Kier alpha value is -0.0400. The highest BCUT2D eigenvalue weighted by Crippen LogP contribution is 2.72. The number of hydrogen-bond donors (Lipinski definition) is 0. The first kappa shape index (κ1) is 9.21. The highest BCUT2D eigenvalue weighted by atomic mass is 15.0. The number of fused-ring (bicyclic) bond motifs is 4. The molecule has 0 aromatic heterocycles. The Labute approximate surface area is 87.9 Å². The fourth-order valence-electron chi connectivity index (χ4n) is 4.63. The van der Waals surface area contributed by atoms with E-state index in [-0.39, 0.29) is 0 Å². The average Bonchev–Trinajstić information content (AvgIpc) is 2.10. The van der Waals surface area contributed by atoms with Gasteiger partial charge in [-0.25, -0.2) is 0 Å². The van der Waals surface area contributed by atoms with Crippen LogP contribution in [0.5, 0.6) is 0 Å². The maximum Gasteiger partial charge on any atom is -0.00220 e. The first-order chi connectivity index (χ1) is 6.70. The summed E-state index contributed by atoms with van der Waals surface area (Å²) in [4.78, 5) is 2.34. The van der Waals surface area contributed by atoms with Crippen molar-refractivity contribution in [3.63, 3.8) is 0 Å². The molecule has 0 radical (unpaired) electrons. The van der Waals surface area contributed by atoms with Gasteiger partial charge in [0.2, 0.25) is 0 Å². The van der Waals surface area contributed by atoms with E-state index in [1.54, 1.807) is 12.8 Å². The van der Waals surface area contributed by atoms with Gasteiger partial charge in [0, 0.05) is 0 Å². The summed E-state index contributed by atoms with van der Waals surface area (Å²) in [6, 6.07) is 0. The Kier molecular flexibility index (Phi) is 1.96. The lowest BCUT2D eigenvalue weighted by atomic mass is 9.32. The van der Waals surface area contributed by atoms with Crippen LogP contribution in [0.25, 0.3) is 0 Å². The first-order valence-corrected chi connectivity index (χ1v) is 6.35.